The summed E-state index contributed by atoms with van der Waals surface area (Å²) >= 11 is 0. The predicted molar refractivity (Wildman–Crippen MR) is 93.0 cm³/mol. The van der Waals surface area contributed by atoms with Crippen molar-refractivity contribution in [3.05, 3.63) is 68.8 Å². The maximum absolute atomic E-state index is 12.4. The summed E-state index contributed by atoms with van der Waals surface area (Å²) in [5.41, 5.74) is 1.80. The lowest BCUT2D eigenvalue weighted by molar-refractivity contribution is -0.385. The third kappa shape index (κ3) is 2.92. The maximum Gasteiger partial charge on any atom is 0.274 e. The Morgan fingerprint density at radius 1 is 1.12 bits per heavy atom. The molecule has 3 amide bonds. The molecule has 0 unspecified atom stereocenters. The minimum absolute atomic E-state index is 0.126. The van der Waals surface area contributed by atoms with Crippen LogP contribution in [0.15, 0.2) is 36.4 Å². The summed E-state index contributed by atoms with van der Waals surface area (Å²) in [5.74, 6) is -1.67. The zero-order valence-electron chi connectivity index (χ0n) is 14.1. The molecule has 8 nitrogen and oxygen atoms in total. The fraction of sp³-hybridized carbons (Fsp3) is 0.167. The van der Waals surface area contributed by atoms with Gasteiger partial charge in [0.05, 0.1) is 27.3 Å². The van der Waals surface area contributed by atoms with Crippen LogP contribution in [-0.4, -0.2) is 34.1 Å². The molecule has 1 aliphatic rings. The summed E-state index contributed by atoms with van der Waals surface area (Å²) in [7, 11) is 0. The molecule has 0 aromatic heterocycles. The van der Waals surface area contributed by atoms with Gasteiger partial charge in [-0.1, -0.05) is 17.7 Å². The minimum atomic E-state index is -0.611. The van der Waals surface area contributed by atoms with Gasteiger partial charge in [0, 0.05) is 6.07 Å². The van der Waals surface area contributed by atoms with Crippen molar-refractivity contribution in [2.75, 3.05) is 11.9 Å². The number of aryl methyl sites for hydroxylation is 1. The molecule has 132 valence electrons. The molecular formula is C18H15N3O5. The van der Waals surface area contributed by atoms with Crippen molar-refractivity contribution in [2.24, 2.45) is 0 Å². The molecule has 1 N–H and O–H groups in total. The van der Waals surface area contributed by atoms with Crippen molar-refractivity contribution in [2.45, 2.75) is 13.8 Å². The number of carbonyl (C=O) groups is 3. The number of hydrogen-bond donors (Lipinski definition) is 1. The highest BCUT2D eigenvalue weighted by Crippen LogP contribution is 2.26. The first-order chi connectivity index (χ1) is 12.3. The first-order valence-electron chi connectivity index (χ1n) is 7.80. The second-order valence-corrected chi connectivity index (χ2v) is 6.00. The van der Waals surface area contributed by atoms with E-state index in [0.29, 0.717) is 5.56 Å². The van der Waals surface area contributed by atoms with E-state index in [1.54, 1.807) is 25.1 Å². The molecule has 0 radical (unpaired) electrons. The van der Waals surface area contributed by atoms with E-state index in [9.17, 15) is 24.5 Å². The van der Waals surface area contributed by atoms with Gasteiger partial charge in [-0.2, -0.15) is 0 Å². The number of nitro benzene ring substituents is 1. The van der Waals surface area contributed by atoms with E-state index < -0.39 is 29.2 Å². The van der Waals surface area contributed by atoms with Gasteiger partial charge in [-0.15, -0.1) is 0 Å². The average Bonchev–Trinajstić information content (AvgIpc) is 2.81. The lowest BCUT2D eigenvalue weighted by Gasteiger charge is -2.14. The van der Waals surface area contributed by atoms with Crippen molar-refractivity contribution in [1.82, 2.24) is 4.90 Å². The fourth-order valence-electron chi connectivity index (χ4n) is 2.84. The number of amides is 3. The van der Waals surface area contributed by atoms with Gasteiger partial charge in [-0.25, -0.2) is 0 Å². The first kappa shape index (κ1) is 17.3. The number of nitro groups is 1. The van der Waals surface area contributed by atoms with Crippen LogP contribution in [0, 0.1) is 24.0 Å². The first-order valence-corrected chi connectivity index (χ1v) is 7.80. The largest absolute Gasteiger partial charge is 0.324 e. The van der Waals surface area contributed by atoms with Crippen molar-refractivity contribution in [3.8, 4) is 0 Å². The molecule has 8 heteroatoms. The lowest BCUT2D eigenvalue weighted by Crippen LogP contribution is -2.37. The van der Waals surface area contributed by atoms with E-state index in [1.807, 2.05) is 0 Å². The van der Waals surface area contributed by atoms with Crippen LogP contribution in [0.3, 0.4) is 0 Å². The molecule has 2 aromatic carbocycles. The number of benzene rings is 2. The molecule has 0 bridgehead atoms. The van der Waals surface area contributed by atoms with Gasteiger partial charge >= 0.3 is 0 Å². The van der Waals surface area contributed by atoms with Crippen LogP contribution in [-0.2, 0) is 4.79 Å². The third-order valence-electron chi connectivity index (χ3n) is 4.20. The molecular weight excluding hydrogens is 338 g/mol. The van der Waals surface area contributed by atoms with Crippen molar-refractivity contribution in [1.29, 1.82) is 0 Å². The molecule has 0 saturated carbocycles. The Morgan fingerprint density at radius 3 is 2.50 bits per heavy atom. The Hall–Kier alpha value is -3.55. The molecule has 1 aliphatic heterocycles. The summed E-state index contributed by atoms with van der Waals surface area (Å²) in [5, 5.41) is 13.5. The molecule has 2 aromatic rings. The van der Waals surface area contributed by atoms with Crippen LogP contribution in [0.25, 0.3) is 0 Å². The molecule has 0 aliphatic carbocycles. The Kier molecular flexibility index (Phi) is 4.25. The summed E-state index contributed by atoms with van der Waals surface area (Å²) in [6, 6.07) is 9.20. The highest BCUT2D eigenvalue weighted by atomic mass is 16.6. The molecule has 1 heterocycles. The molecule has 0 fully saturated rings. The van der Waals surface area contributed by atoms with Gasteiger partial charge in [0.15, 0.2) is 0 Å². The van der Waals surface area contributed by atoms with Crippen LogP contribution in [0.2, 0.25) is 0 Å². The van der Waals surface area contributed by atoms with E-state index >= 15 is 0 Å². The highest BCUT2D eigenvalue weighted by Gasteiger charge is 2.36. The third-order valence-corrected chi connectivity index (χ3v) is 4.20. The van der Waals surface area contributed by atoms with Crippen molar-refractivity contribution < 1.29 is 19.3 Å². The number of rotatable bonds is 4. The molecule has 0 saturated heterocycles. The number of fused-ring (bicyclic) bond motifs is 1. The highest BCUT2D eigenvalue weighted by molar-refractivity contribution is 6.22. The number of anilines is 1. The van der Waals surface area contributed by atoms with Gasteiger partial charge in [0.2, 0.25) is 5.91 Å². The zero-order valence-corrected chi connectivity index (χ0v) is 14.1. The number of hydrogen-bond acceptors (Lipinski definition) is 5. The Bertz CT molecular complexity index is 967. The topological polar surface area (TPSA) is 110 Å². The van der Waals surface area contributed by atoms with E-state index in [-0.39, 0.29) is 22.5 Å². The molecule has 26 heavy (non-hydrogen) atoms. The molecule has 0 atom stereocenters. The normalized spacial score (nSPS) is 12.9. The Morgan fingerprint density at radius 2 is 1.81 bits per heavy atom. The van der Waals surface area contributed by atoms with Crippen LogP contribution in [0.5, 0.6) is 0 Å². The van der Waals surface area contributed by atoms with Crippen LogP contribution in [0.4, 0.5) is 11.4 Å². The monoisotopic (exact) mass is 353 g/mol. The number of carbonyl (C=O) groups excluding carboxylic acids is 3. The number of nitrogens with zero attached hydrogens (tertiary/aromatic N) is 2. The van der Waals surface area contributed by atoms with Crippen LogP contribution in [0.1, 0.15) is 31.8 Å². The van der Waals surface area contributed by atoms with Gasteiger partial charge in [0.25, 0.3) is 17.5 Å². The molecule has 0 spiro atoms. The quantitative estimate of drug-likeness (QED) is 0.516. The number of imide groups is 1. The van der Waals surface area contributed by atoms with E-state index in [1.165, 1.54) is 25.1 Å². The Balaban J connectivity index is 1.78. The summed E-state index contributed by atoms with van der Waals surface area (Å²) in [6.07, 6.45) is 0. The second kappa shape index (κ2) is 6.40. The summed E-state index contributed by atoms with van der Waals surface area (Å²) in [4.78, 5) is 48.3. The van der Waals surface area contributed by atoms with Crippen molar-refractivity contribution >= 4 is 29.1 Å². The lowest BCUT2D eigenvalue weighted by atomic mass is 10.1. The maximum atomic E-state index is 12.4. The van der Waals surface area contributed by atoms with E-state index in [4.69, 9.17) is 0 Å². The zero-order chi connectivity index (χ0) is 19.0. The van der Waals surface area contributed by atoms with Gasteiger partial charge in [-0.3, -0.25) is 29.4 Å². The predicted octanol–water partition coefficient (Wildman–Crippen LogP) is 2.45. The molecule has 3 rings (SSSR count). The Labute approximate surface area is 148 Å². The fourth-order valence-corrected chi connectivity index (χ4v) is 2.84. The number of nitrogens with one attached hydrogen (secondary N) is 1. The minimum Gasteiger partial charge on any atom is -0.324 e. The second-order valence-electron chi connectivity index (χ2n) is 6.00. The van der Waals surface area contributed by atoms with E-state index in [2.05, 4.69) is 5.32 Å². The standard InChI is InChI=1S/C18H15N3O5/c1-10-6-7-12-13(8-10)18(24)20(17(12)23)9-16(22)19-14-4-3-5-15(11(14)2)21(25)26/h3-8H,9H2,1-2H3,(H,19,22). The van der Waals surface area contributed by atoms with Crippen LogP contribution >= 0.6 is 0 Å². The summed E-state index contributed by atoms with van der Waals surface area (Å²) < 4.78 is 0. The van der Waals surface area contributed by atoms with Crippen LogP contribution < -0.4 is 5.32 Å². The SMILES string of the molecule is Cc1ccc2c(c1)C(=O)N(CC(=O)Nc1cccc([N+](=O)[O-])c1C)C2=O. The smallest absolute Gasteiger partial charge is 0.274 e. The van der Waals surface area contributed by atoms with Gasteiger partial charge < -0.3 is 5.32 Å². The van der Waals surface area contributed by atoms with E-state index in [0.717, 1.165) is 10.5 Å². The van der Waals surface area contributed by atoms with Gasteiger partial charge in [-0.05, 0) is 32.0 Å². The average molecular weight is 353 g/mol. The van der Waals surface area contributed by atoms with Gasteiger partial charge in [0.1, 0.15) is 6.54 Å². The van der Waals surface area contributed by atoms with Crippen molar-refractivity contribution in [3.63, 3.8) is 0 Å². The summed E-state index contributed by atoms with van der Waals surface area (Å²) in [6.45, 7) is 2.85.